The van der Waals surface area contributed by atoms with Gasteiger partial charge in [0.25, 0.3) is 0 Å². The van der Waals surface area contributed by atoms with Gasteiger partial charge in [0.2, 0.25) is 0 Å². The highest BCUT2D eigenvalue weighted by molar-refractivity contribution is 7.71. The molecular formula is C13H10N2S. The molecule has 0 saturated carbocycles. The Hall–Kier alpha value is -1.92. The first kappa shape index (κ1) is 10.6. The van der Waals surface area contributed by atoms with Crippen LogP contribution in [0.3, 0.4) is 0 Å². The quantitative estimate of drug-likeness (QED) is 0.697. The summed E-state index contributed by atoms with van der Waals surface area (Å²) in [7, 11) is 0. The van der Waals surface area contributed by atoms with E-state index in [0.717, 1.165) is 11.3 Å². The minimum atomic E-state index is 0.528. The van der Waals surface area contributed by atoms with Gasteiger partial charge in [0.05, 0.1) is 5.56 Å². The number of rotatable bonds is 1. The van der Waals surface area contributed by atoms with E-state index in [4.69, 9.17) is 17.5 Å². The van der Waals surface area contributed by atoms with Gasteiger partial charge in [0.1, 0.15) is 10.7 Å². The molecule has 1 aromatic heterocycles. The molecule has 16 heavy (non-hydrogen) atoms. The maximum absolute atomic E-state index is 8.93. The lowest BCUT2D eigenvalue weighted by atomic mass is 10.2. The van der Waals surface area contributed by atoms with Crippen molar-refractivity contribution in [2.45, 2.75) is 6.92 Å². The van der Waals surface area contributed by atoms with E-state index < -0.39 is 0 Å². The number of benzene rings is 1. The molecule has 1 heterocycles. The second-order valence-electron chi connectivity index (χ2n) is 3.50. The largest absolute Gasteiger partial charge is 0.307 e. The van der Waals surface area contributed by atoms with Crippen LogP contribution in [0.1, 0.15) is 11.1 Å². The van der Waals surface area contributed by atoms with Crippen LogP contribution in [0.15, 0.2) is 42.6 Å². The molecule has 2 aromatic rings. The predicted octanol–water partition coefficient (Wildman–Crippen LogP) is 3.39. The van der Waals surface area contributed by atoms with Gasteiger partial charge < -0.3 is 4.57 Å². The zero-order valence-corrected chi connectivity index (χ0v) is 9.66. The summed E-state index contributed by atoms with van der Waals surface area (Å²) >= 11 is 5.27. The number of hydrogen-bond donors (Lipinski definition) is 0. The normalized spacial score (nSPS) is 9.75. The summed E-state index contributed by atoms with van der Waals surface area (Å²) < 4.78 is 2.42. The maximum Gasteiger partial charge on any atom is 0.128 e. The zero-order valence-electron chi connectivity index (χ0n) is 8.84. The number of hydrogen-bond acceptors (Lipinski definition) is 2. The van der Waals surface area contributed by atoms with Crippen LogP contribution in [0.25, 0.3) is 5.69 Å². The van der Waals surface area contributed by atoms with E-state index in [2.05, 4.69) is 6.07 Å². The van der Waals surface area contributed by atoms with Crippen molar-refractivity contribution in [3.05, 3.63) is 58.4 Å². The van der Waals surface area contributed by atoms with E-state index in [9.17, 15) is 0 Å². The molecule has 1 aromatic carbocycles. The summed E-state index contributed by atoms with van der Waals surface area (Å²) in [5.41, 5.74) is 2.68. The summed E-state index contributed by atoms with van der Waals surface area (Å²) in [5, 5.41) is 8.93. The minimum Gasteiger partial charge on any atom is -0.307 e. The number of aryl methyl sites for hydroxylation is 1. The molecule has 3 heteroatoms. The van der Waals surface area contributed by atoms with Gasteiger partial charge in [-0.05, 0) is 30.7 Å². The van der Waals surface area contributed by atoms with Crippen LogP contribution in [-0.4, -0.2) is 4.57 Å². The van der Waals surface area contributed by atoms with Gasteiger partial charge in [-0.3, -0.25) is 0 Å². The fourth-order valence-corrected chi connectivity index (χ4v) is 1.88. The van der Waals surface area contributed by atoms with Crippen molar-refractivity contribution in [2.24, 2.45) is 0 Å². The lowest BCUT2D eigenvalue weighted by Gasteiger charge is -2.10. The highest BCUT2D eigenvalue weighted by atomic mass is 32.1. The average Bonchev–Trinajstić information content (AvgIpc) is 2.31. The zero-order chi connectivity index (χ0) is 11.5. The van der Waals surface area contributed by atoms with E-state index >= 15 is 0 Å². The molecule has 0 N–H and O–H groups in total. The highest BCUT2D eigenvalue weighted by Crippen LogP contribution is 2.15. The fourth-order valence-electron chi connectivity index (χ4n) is 1.60. The fraction of sp³-hybridized carbons (Fsp3) is 0.0769. The van der Waals surface area contributed by atoms with Crippen LogP contribution >= 0.6 is 12.2 Å². The molecule has 0 radical (unpaired) electrons. The van der Waals surface area contributed by atoms with Gasteiger partial charge in [-0.2, -0.15) is 5.26 Å². The Morgan fingerprint density at radius 3 is 2.62 bits per heavy atom. The maximum atomic E-state index is 8.93. The minimum absolute atomic E-state index is 0.528. The predicted molar refractivity (Wildman–Crippen MR) is 66.1 cm³/mol. The lowest BCUT2D eigenvalue weighted by Crippen LogP contribution is -2.00. The highest BCUT2D eigenvalue weighted by Gasteiger charge is 2.02. The van der Waals surface area contributed by atoms with Crippen molar-refractivity contribution >= 4 is 12.2 Å². The van der Waals surface area contributed by atoms with Crippen molar-refractivity contribution in [1.29, 1.82) is 5.26 Å². The Labute approximate surface area is 99.4 Å². The molecule has 0 spiro atoms. The third-order valence-electron chi connectivity index (χ3n) is 2.44. The first-order valence-electron chi connectivity index (χ1n) is 4.92. The molecular weight excluding hydrogens is 216 g/mol. The molecule has 0 atom stereocenters. The molecule has 0 saturated heterocycles. The number of pyridine rings is 1. The molecule has 0 aliphatic heterocycles. The van der Waals surface area contributed by atoms with E-state index in [-0.39, 0.29) is 0 Å². The van der Waals surface area contributed by atoms with Gasteiger partial charge in [0, 0.05) is 11.9 Å². The van der Waals surface area contributed by atoms with E-state index in [1.807, 2.05) is 48.0 Å². The van der Waals surface area contributed by atoms with E-state index in [1.54, 1.807) is 6.07 Å². The van der Waals surface area contributed by atoms with Crippen LogP contribution in [0.5, 0.6) is 0 Å². The van der Waals surface area contributed by atoms with E-state index in [1.165, 1.54) is 0 Å². The molecule has 78 valence electrons. The van der Waals surface area contributed by atoms with Crippen LogP contribution in [-0.2, 0) is 0 Å². The summed E-state index contributed by atoms with van der Waals surface area (Å²) in [6.45, 7) is 2.02. The third-order valence-corrected chi connectivity index (χ3v) is 2.86. The van der Waals surface area contributed by atoms with Crippen molar-refractivity contribution < 1.29 is 0 Å². The van der Waals surface area contributed by atoms with Crippen LogP contribution in [0, 0.1) is 22.9 Å². The molecule has 0 fully saturated rings. The van der Waals surface area contributed by atoms with Gasteiger partial charge in [-0.1, -0.05) is 30.4 Å². The summed E-state index contributed by atoms with van der Waals surface area (Å²) in [6.07, 6.45) is 1.88. The standard InChI is InChI=1S/C13H10N2S/c1-10-5-2-3-7-12(10)15-8-4-6-11(9-14)13(15)16/h2-8H,1H3. The van der Waals surface area contributed by atoms with Crippen molar-refractivity contribution in [1.82, 2.24) is 4.57 Å². The molecule has 0 unspecified atom stereocenters. The number of aromatic nitrogens is 1. The SMILES string of the molecule is Cc1ccccc1-n1cccc(C#N)c1=S. The van der Waals surface area contributed by atoms with E-state index in [0.29, 0.717) is 10.2 Å². The van der Waals surface area contributed by atoms with Crippen molar-refractivity contribution in [3.63, 3.8) is 0 Å². The monoisotopic (exact) mass is 226 g/mol. The molecule has 0 amide bonds. The molecule has 2 nitrogen and oxygen atoms in total. The van der Waals surface area contributed by atoms with Crippen molar-refractivity contribution in [2.75, 3.05) is 0 Å². The summed E-state index contributed by atoms with van der Waals surface area (Å²) in [5.74, 6) is 0. The Balaban J connectivity index is 2.72. The van der Waals surface area contributed by atoms with Crippen LogP contribution in [0.4, 0.5) is 0 Å². The molecule has 0 aliphatic rings. The number of nitriles is 1. The first-order valence-corrected chi connectivity index (χ1v) is 5.32. The first-order chi connectivity index (χ1) is 7.74. The van der Waals surface area contributed by atoms with Gasteiger partial charge in [0.15, 0.2) is 0 Å². The molecule has 2 rings (SSSR count). The summed E-state index contributed by atoms with van der Waals surface area (Å²) in [6, 6.07) is 13.6. The summed E-state index contributed by atoms with van der Waals surface area (Å²) in [4.78, 5) is 0. The Morgan fingerprint density at radius 1 is 1.19 bits per heavy atom. The van der Waals surface area contributed by atoms with Gasteiger partial charge >= 0.3 is 0 Å². The topological polar surface area (TPSA) is 28.7 Å². The third kappa shape index (κ3) is 1.75. The van der Waals surface area contributed by atoms with Crippen LogP contribution in [0.2, 0.25) is 0 Å². The second-order valence-corrected chi connectivity index (χ2v) is 3.88. The Morgan fingerprint density at radius 2 is 1.94 bits per heavy atom. The van der Waals surface area contributed by atoms with Gasteiger partial charge in [-0.25, -0.2) is 0 Å². The number of nitrogens with zero attached hydrogens (tertiary/aromatic N) is 2. The number of para-hydroxylation sites is 1. The van der Waals surface area contributed by atoms with Crippen LogP contribution < -0.4 is 0 Å². The smallest absolute Gasteiger partial charge is 0.128 e. The molecule has 0 aliphatic carbocycles. The second kappa shape index (κ2) is 4.30. The Bertz CT molecular complexity index is 620. The average molecular weight is 226 g/mol. The van der Waals surface area contributed by atoms with Gasteiger partial charge in [-0.15, -0.1) is 0 Å². The lowest BCUT2D eigenvalue weighted by molar-refractivity contribution is 1.00. The van der Waals surface area contributed by atoms with Crippen molar-refractivity contribution in [3.8, 4) is 11.8 Å². The Kier molecular flexibility index (Phi) is 2.84. The molecule has 0 bridgehead atoms.